The summed E-state index contributed by atoms with van der Waals surface area (Å²) in [5.41, 5.74) is 0. The van der Waals surface area contributed by atoms with E-state index in [0.717, 1.165) is 12.6 Å². The van der Waals surface area contributed by atoms with Crippen molar-refractivity contribution in [2.75, 3.05) is 6.61 Å². The van der Waals surface area contributed by atoms with Crippen LogP contribution in [0.25, 0.3) is 0 Å². The highest BCUT2D eigenvalue weighted by molar-refractivity contribution is 4.87. The van der Waals surface area contributed by atoms with Crippen LogP contribution < -0.4 is 5.32 Å². The molecule has 0 amide bonds. The molecule has 1 rings (SSSR count). The molecular weight excluding hydrogens is 198 g/mol. The third-order valence-electron chi connectivity index (χ3n) is 3.51. The molecule has 0 aliphatic heterocycles. The zero-order valence-electron chi connectivity index (χ0n) is 11.3. The fourth-order valence-electron chi connectivity index (χ4n) is 2.44. The van der Waals surface area contributed by atoms with E-state index in [1.165, 1.54) is 44.9 Å². The highest BCUT2D eigenvalue weighted by Crippen LogP contribution is 2.24. The summed E-state index contributed by atoms with van der Waals surface area (Å²) < 4.78 is 5.56. The molecule has 1 fully saturated rings. The van der Waals surface area contributed by atoms with E-state index in [9.17, 15) is 0 Å². The van der Waals surface area contributed by atoms with Crippen LogP contribution in [0.5, 0.6) is 0 Å². The molecule has 0 radical (unpaired) electrons. The number of ether oxygens (including phenoxy) is 1. The average molecular weight is 227 g/mol. The molecule has 0 aromatic heterocycles. The highest BCUT2D eigenvalue weighted by atomic mass is 16.5. The second-order valence-electron chi connectivity index (χ2n) is 5.16. The van der Waals surface area contributed by atoms with Crippen molar-refractivity contribution in [2.24, 2.45) is 0 Å². The second-order valence-corrected chi connectivity index (χ2v) is 5.16. The molecule has 0 spiro atoms. The lowest BCUT2D eigenvalue weighted by molar-refractivity contribution is -0.0121. The molecule has 0 bridgehead atoms. The Labute approximate surface area is 101 Å². The number of unbranched alkanes of at least 4 members (excludes halogenated alkanes) is 3. The van der Waals surface area contributed by atoms with Crippen LogP contribution in [0.4, 0.5) is 0 Å². The Morgan fingerprint density at radius 3 is 2.56 bits per heavy atom. The lowest BCUT2D eigenvalue weighted by Gasteiger charge is -2.37. The Balaban J connectivity index is 1.93. The van der Waals surface area contributed by atoms with Crippen LogP contribution in [0.1, 0.15) is 65.7 Å². The molecule has 0 aromatic carbocycles. The third kappa shape index (κ3) is 5.31. The van der Waals surface area contributed by atoms with Crippen molar-refractivity contribution in [3.8, 4) is 0 Å². The van der Waals surface area contributed by atoms with Crippen molar-refractivity contribution in [1.29, 1.82) is 0 Å². The Hall–Kier alpha value is -0.0800. The fourth-order valence-corrected chi connectivity index (χ4v) is 2.44. The molecule has 16 heavy (non-hydrogen) atoms. The molecule has 96 valence electrons. The van der Waals surface area contributed by atoms with Crippen LogP contribution in [0.15, 0.2) is 0 Å². The summed E-state index contributed by atoms with van der Waals surface area (Å²) in [6, 6.07) is 1.40. The van der Waals surface area contributed by atoms with Gasteiger partial charge in [-0.15, -0.1) is 0 Å². The zero-order valence-corrected chi connectivity index (χ0v) is 11.3. The highest BCUT2D eigenvalue weighted by Gasteiger charge is 2.29. The molecule has 1 N–H and O–H groups in total. The van der Waals surface area contributed by atoms with Gasteiger partial charge in [0.15, 0.2) is 0 Å². The van der Waals surface area contributed by atoms with Crippen LogP contribution in [-0.4, -0.2) is 24.8 Å². The van der Waals surface area contributed by atoms with Crippen molar-refractivity contribution >= 4 is 0 Å². The summed E-state index contributed by atoms with van der Waals surface area (Å²) in [7, 11) is 0. The van der Waals surface area contributed by atoms with Gasteiger partial charge in [0.2, 0.25) is 0 Å². The van der Waals surface area contributed by atoms with E-state index >= 15 is 0 Å². The molecule has 1 aliphatic rings. The first-order valence-corrected chi connectivity index (χ1v) is 7.13. The minimum absolute atomic E-state index is 0.537. The van der Waals surface area contributed by atoms with Crippen molar-refractivity contribution in [1.82, 2.24) is 5.32 Å². The van der Waals surface area contributed by atoms with Gasteiger partial charge in [-0.2, -0.15) is 0 Å². The van der Waals surface area contributed by atoms with E-state index in [4.69, 9.17) is 4.74 Å². The van der Waals surface area contributed by atoms with Gasteiger partial charge < -0.3 is 10.1 Å². The number of hydrogen-bond acceptors (Lipinski definition) is 2. The number of nitrogens with one attached hydrogen (secondary N) is 1. The first-order chi connectivity index (χ1) is 7.76. The molecule has 1 saturated carbocycles. The first kappa shape index (κ1) is 14.0. The summed E-state index contributed by atoms with van der Waals surface area (Å²) in [4.78, 5) is 0. The summed E-state index contributed by atoms with van der Waals surface area (Å²) in [6.07, 6.45) is 9.80. The molecule has 2 nitrogen and oxygen atoms in total. The van der Waals surface area contributed by atoms with Gasteiger partial charge in [0.25, 0.3) is 0 Å². The van der Waals surface area contributed by atoms with Crippen molar-refractivity contribution in [2.45, 2.75) is 83.9 Å². The van der Waals surface area contributed by atoms with Gasteiger partial charge >= 0.3 is 0 Å². The Bertz CT molecular complexity index is 166. The number of rotatable bonds is 9. The van der Waals surface area contributed by atoms with Gasteiger partial charge in [-0.25, -0.2) is 0 Å². The Morgan fingerprint density at radius 2 is 1.94 bits per heavy atom. The lowest BCUT2D eigenvalue weighted by Crippen LogP contribution is -2.48. The Morgan fingerprint density at radius 1 is 1.19 bits per heavy atom. The van der Waals surface area contributed by atoms with Crippen LogP contribution in [-0.2, 0) is 4.74 Å². The molecule has 1 atom stereocenters. The van der Waals surface area contributed by atoms with Crippen molar-refractivity contribution in [3.05, 3.63) is 0 Å². The van der Waals surface area contributed by atoms with Gasteiger partial charge in [0.1, 0.15) is 0 Å². The van der Waals surface area contributed by atoms with E-state index in [-0.39, 0.29) is 0 Å². The van der Waals surface area contributed by atoms with E-state index < -0.39 is 0 Å². The van der Waals surface area contributed by atoms with Gasteiger partial charge in [0.05, 0.1) is 6.10 Å². The largest absolute Gasteiger partial charge is 0.378 e. The van der Waals surface area contributed by atoms with Gasteiger partial charge in [-0.1, -0.05) is 32.6 Å². The molecule has 0 aromatic rings. The Kier molecular flexibility index (Phi) is 7.06. The fraction of sp³-hybridized carbons (Fsp3) is 1.00. The zero-order chi connectivity index (χ0) is 11.8. The SMILES string of the molecule is CCCCCCC(C)NC1CC(OCC)C1. The predicted octanol–water partition coefficient (Wildman–Crippen LogP) is 3.50. The van der Waals surface area contributed by atoms with E-state index in [0.29, 0.717) is 12.1 Å². The maximum atomic E-state index is 5.56. The van der Waals surface area contributed by atoms with Gasteiger partial charge in [0, 0.05) is 18.7 Å². The quantitative estimate of drug-likeness (QED) is 0.609. The minimum atomic E-state index is 0.537. The first-order valence-electron chi connectivity index (χ1n) is 7.13. The number of hydrogen-bond donors (Lipinski definition) is 1. The van der Waals surface area contributed by atoms with Crippen LogP contribution in [0.2, 0.25) is 0 Å². The maximum Gasteiger partial charge on any atom is 0.0604 e. The second kappa shape index (κ2) is 8.08. The molecule has 2 heteroatoms. The molecule has 1 aliphatic carbocycles. The van der Waals surface area contributed by atoms with Gasteiger partial charge in [-0.05, 0) is 33.1 Å². The summed E-state index contributed by atoms with van der Waals surface area (Å²) in [6.45, 7) is 7.53. The monoisotopic (exact) mass is 227 g/mol. The van der Waals surface area contributed by atoms with E-state index in [1.807, 2.05) is 0 Å². The molecule has 0 heterocycles. The predicted molar refractivity (Wildman–Crippen MR) is 69.8 cm³/mol. The summed E-state index contributed by atoms with van der Waals surface area (Å²) in [5, 5.41) is 3.70. The van der Waals surface area contributed by atoms with E-state index in [1.54, 1.807) is 0 Å². The lowest BCUT2D eigenvalue weighted by atomic mass is 9.88. The average Bonchev–Trinajstić information content (AvgIpc) is 2.21. The van der Waals surface area contributed by atoms with E-state index in [2.05, 4.69) is 26.1 Å². The molecule has 0 saturated heterocycles. The maximum absolute atomic E-state index is 5.56. The molecule has 1 unspecified atom stereocenters. The standard InChI is InChI=1S/C14H29NO/c1-4-6-7-8-9-12(3)15-13-10-14(11-13)16-5-2/h12-15H,4-11H2,1-3H3. The minimum Gasteiger partial charge on any atom is -0.378 e. The summed E-state index contributed by atoms with van der Waals surface area (Å²) >= 11 is 0. The normalized spacial score (nSPS) is 26.4. The van der Waals surface area contributed by atoms with Gasteiger partial charge in [-0.3, -0.25) is 0 Å². The van der Waals surface area contributed by atoms with Crippen LogP contribution in [0, 0.1) is 0 Å². The van der Waals surface area contributed by atoms with Crippen LogP contribution >= 0.6 is 0 Å². The third-order valence-corrected chi connectivity index (χ3v) is 3.51. The molecular formula is C14H29NO. The summed E-state index contributed by atoms with van der Waals surface area (Å²) in [5.74, 6) is 0. The topological polar surface area (TPSA) is 21.3 Å². The van der Waals surface area contributed by atoms with Crippen molar-refractivity contribution in [3.63, 3.8) is 0 Å². The van der Waals surface area contributed by atoms with Crippen LogP contribution in [0.3, 0.4) is 0 Å². The smallest absolute Gasteiger partial charge is 0.0604 e. The van der Waals surface area contributed by atoms with Crippen molar-refractivity contribution < 1.29 is 4.74 Å².